The highest BCUT2D eigenvalue weighted by atomic mass is 16.3. The highest BCUT2D eigenvalue weighted by Crippen LogP contribution is 2.20. The van der Waals surface area contributed by atoms with Crippen molar-refractivity contribution in [2.75, 3.05) is 0 Å². The van der Waals surface area contributed by atoms with E-state index in [-0.39, 0.29) is 6.04 Å². The highest BCUT2D eigenvalue weighted by Gasteiger charge is 2.08. The van der Waals surface area contributed by atoms with Crippen LogP contribution in [0, 0.1) is 6.92 Å². The average Bonchev–Trinajstić information content (AvgIpc) is 2.77. The maximum absolute atomic E-state index is 5.57. The molecule has 1 atom stereocenters. The zero-order valence-electron chi connectivity index (χ0n) is 10.5. The number of furan rings is 1. The molecule has 0 amide bonds. The van der Waals surface area contributed by atoms with Crippen molar-refractivity contribution in [3.05, 3.63) is 59.5 Å². The Hall–Kier alpha value is -1.83. The molecule has 0 aliphatic rings. The highest BCUT2D eigenvalue weighted by molar-refractivity contribution is 5.98. The van der Waals surface area contributed by atoms with Crippen LogP contribution in [0.4, 0.5) is 0 Å². The number of aryl methyl sites for hydroxylation is 1. The van der Waals surface area contributed by atoms with Crippen molar-refractivity contribution in [2.45, 2.75) is 26.8 Å². The van der Waals surface area contributed by atoms with Gasteiger partial charge in [0.15, 0.2) is 0 Å². The molecule has 0 aliphatic heterocycles. The minimum atomic E-state index is 0.0592. The molecule has 0 spiro atoms. The van der Waals surface area contributed by atoms with Gasteiger partial charge in [0, 0.05) is 5.71 Å². The SMILES string of the molecule is C/C(=N\[C@H](C)c1ccc(C)o1)c1ccccc1. The molecule has 1 heterocycles. The maximum atomic E-state index is 5.57. The summed E-state index contributed by atoms with van der Waals surface area (Å²) in [5.74, 6) is 1.84. The molecule has 88 valence electrons. The molecule has 17 heavy (non-hydrogen) atoms. The van der Waals surface area contributed by atoms with E-state index >= 15 is 0 Å². The third kappa shape index (κ3) is 2.84. The average molecular weight is 227 g/mol. The van der Waals surface area contributed by atoms with E-state index in [2.05, 4.69) is 17.1 Å². The Kier molecular flexibility index (Phi) is 3.43. The smallest absolute Gasteiger partial charge is 0.128 e. The summed E-state index contributed by atoms with van der Waals surface area (Å²) in [6, 6.07) is 14.2. The second-order valence-electron chi connectivity index (χ2n) is 4.20. The number of aliphatic imine (C=N–C) groups is 1. The Balaban J connectivity index is 2.19. The predicted octanol–water partition coefficient (Wildman–Crippen LogP) is 4.16. The van der Waals surface area contributed by atoms with E-state index in [1.54, 1.807) is 0 Å². The zero-order valence-corrected chi connectivity index (χ0v) is 10.5. The molecule has 2 rings (SSSR count). The molecule has 2 nitrogen and oxygen atoms in total. The lowest BCUT2D eigenvalue weighted by Crippen LogP contribution is -1.97. The fourth-order valence-electron chi connectivity index (χ4n) is 1.79. The van der Waals surface area contributed by atoms with E-state index in [0.717, 1.165) is 22.8 Å². The number of nitrogens with zero attached hydrogens (tertiary/aromatic N) is 1. The predicted molar refractivity (Wildman–Crippen MR) is 70.5 cm³/mol. The van der Waals surface area contributed by atoms with Crippen LogP contribution in [0.2, 0.25) is 0 Å². The fraction of sp³-hybridized carbons (Fsp3) is 0.267. The first-order valence-corrected chi connectivity index (χ1v) is 5.83. The maximum Gasteiger partial charge on any atom is 0.128 e. The normalized spacial score (nSPS) is 13.7. The van der Waals surface area contributed by atoms with Gasteiger partial charge in [-0.15, -0.1) is 0 Å². The van der Waals surface area contributed by atoms with Gasteiger partial charge in [-0.1, -0.05) is 30.3 Å². The second kappa shape index (κ2) is 5.00. The summed E-state index contributed by atoms with van der Waals surface area (Å²) < 4.78 is 5.57. The van der Waals surface area contributed by atoms with Crippen molar-refractivity contribution in [3.8, 4) is 0 Å². The van der Waals surface area contributed by atoms with Crippen molar-refractivity contribution in [1.29, 1.82) is 0 Å². The lowest BCUT2D eigenvalue weighted by Gasteiger charge is -2.06. The number of benzene rings is 1. The number of hydrogen-bond acceptors (Lipinski definition) is 2. The van der Waals surface area contributed by atoms with Gasteiger partial charge < -0.3 is 4.42 Å². The largest absolute Gasteiger partial charge is 0.464 e. The van der Waals surface area contributed by atoms with E-state index in [4.69, 9.17) is 4.42 Å². The summed E-state index contributed by atoms with van der Waals surface area (Å²) in [5, 5.41) is 0. The van der Waals surface area contributed by atoms with Crippen molar-refractivity contribution in [2.24, 2.45) is 4.99 Å². The molecular formula is C15H17NO. The summed E-state index contributed by atoms with van der Waals surface area (Å²) in [6.45, 7) is 6.02. The fourth-order valence-corrected chi connectivity index (χ4v) is 1.79. The lowest BCUT2D eigenvalue weighted by molar-refractivity contribution is 0.458. The van der Waals surface area contributed by atoms with Gasteiger partial charge >= 0.3 is 0 Å². The number of rotatable bonds is 3. The molecule has 1 aromatic carbocycles. The van der Waals surface area contributed by atoms with Crippen LogP contribution in [0.3, 0.4) is 0 Å². The minimum Gasteiger partial charge on any atom is -0.464 e. The summed E-state index contributed by atoms with van der Waals surface area (Å²) in [5.41, 5.74) is 2.19. The van der Waals surface area contributed by atoms with E-state index in [1.165, 1.54) is 0 Å². The van der Waals surface area contributed by atoms with Gasteiger partial charge in [-0.25, -0.2) is 0 Å². The zero-order chi connectivity index (χ0) is 12.3. The second-order valence-corrected chi connectivity index (χ2v) is 4.20. The summed E-state index contributed by atoms with van der Waals surface area (Å²) >= 11 is 0. The van der Waals surface area contributed by atoms with E-state index in [0.29, 0.717) is 0 Å². The van der Waals surface area contributed by atoms with Gasteiger partial charge in [0.05, 0.1) is 0 Å². The van der Waals surface area contributed by atoms with Gasteiger partial charge in [-0.05, 0) is 38.5 Å². The van der Waals surface area contributed by atoms with E-state index in [1.807, 2.05) is 51.1 Å². The molecule has 2 heteroatoms. The first kappa shape index (κ1) is 11.6. The molecule has 2 aromatic rings. The Morgan fingerprint density at radius 1 is 1.12 bits per heavy atom. The third-order valence-electron chi connectivity index (χ3n) is 2.75. The minimum absolute atomic E-state index is 0.0592. The van der Waals surface area contributed by atoms with Crippen LogP contribution >= 0.6 is 0 Å². The van der Waals surface area contributed by atoms with E-state index in [9.17, 15) is 0 Å². The molecule has 0 unspecified atom stereocenters. The van der Waals surface area contributed by atoms with Crippen molar-refractivity contribution in [3.63, 3.8) is 0 Å². The van der Waals surface area contributed by atoms with Gasteiger partial charge in [-0.2, -0.15) is 0 Å². The lowest BCUT2D eigenvalue weighted by atomic mass is 10.1. The summed E-state index contributed by atoms with van der Waals surface area (Å²) in [4.78, 5) is 4.65. The molecule has 0 saturated carbocycles. The van der Waals surface area contributed by atoms with Gasteiger partial charge in [0.1, 0.15) is 17.6 Å². The monoisotopic (exact) mass is 227 g/mol. The molecule has 0 fully saturated rings. The van der Waals surface area contributed by atoms with Crippen molar-refractivity contribution >= 4 is 5.71 Å². The van der Waals surface area contributed by atoms with Crippen LogP contribution in [0.5, 0.6) is 0 Å². The van der Waals surface area contributed by atoms with Crippen LogP contribution in [0.15, 0.2) is 51.9 Å². The molecule has 1 aromatic heterocycles. The first-order chi connectivity index (χ1) is 8.16. The van der Waals surface area contributed by atoms with Crippen molar-refractivity contribution in [1.82, 2.24) is 0 Å². The van der Waals surface area contributed by atoms with E-state index < -0.39 is 0 Å². The molecular weight excluding hydrogens is 210 g/mol. The molecule has 0 radical (unpaired) electrons. The van der Waals surface area contributed by atoms with Crippen LogP contribution in [-0.2, 0) is 0 Å². The van der Waals surface area contributed by atoms with Gasteiger partial charge in [0.2, 0.25) is 0 Å². The van der Waals surface area contributed by atoms with Gasteiger partial charge in [-0.3, -0.25) is 4.99 Å². The Morgan fingerprint density at radius 3 is 2.41 bits per heavy atom. The summed E-state index contributed by atoms with van der Waals surface area (Å²) in [7, 11) is 0. The quantitative estimate of drug-likeness (QED) is 0.723. The van der Waals surface area contributed by atoms with Crippen LogP contribution in [-0.4, -0.2) is 5.71 Å². The number of hydrogen-bond donors (Lipinski definition) is 0. The van der Waals surface area contributed by atoms with Crippen molar-refractivity contribution < 1.29 is 4.42 Å². The first-order valence-electron chi connectivity index (χ1n) is 5.83. The standard InChI is InChI=1S/C15H17NO/c1-11-9-10-15(17-11)13(3)16-12(2)14-7-5-4-6-8-14/h4-10,13H,1-3H3/b16-12+/t13-/m1/s1. The molecule has 0 aliphatic carbocycles. The Morgan fingerprint density at radius 2 is 1.82 bits per heavy atom. The Bertz CT molecular complexity index is 511. The molecule has 0 bridgehead atoms. The Labute approximate surface area is 102 Å². The van der Waals surface area contributed by atoms with Crippen LogP contribution in [0.1, 0.15) is 37.0 Å². The third-order valence-corrected chi connectivity index (χ3v) is 2.75. The molecule has 0 saturated heterocycles. The van der Waals surface area contributed by atoms with Crippen LogP contribution in [0.25, 0.3) is 0 Å². The topological polar surface area (TPSA) is 25.5 Å². The molecule has 0 N–H and O–H groups in total. The van der Waals surface area contributed by atoms with Crippen LogP contribution < -0.4 is 0 Å². The van der Waals surface area contributed by atoms with Gasteiger partial charge in [0.25, 0.3) is 0 Å². The summed E-state index contributed by atoms with van der Waals surface area (Å²) in [6.07, 6.45) is 0.